The van der Waals surface area contributed by atoms with Crippen LogP contribution in [0, 0.1) is 6.92 Å². The molecule has 0 aliphatic carbocycles. The quantitative estimate of drug-likeness (QED) is 0.828. The van der Waals surface area contributed by atoms with Crippen LogP contribution in [0.25, 0.3) is 0 Å². The van der Waals surface area contributed by atoms with E-state index in [0.29, 0.717) is 11.3 Å². The van der Waals surface area contributed by atoms with Crippen LogP contribution in [0.5, 0.6) is 0 Å². The second-order valence-electron chi connectivity index (χ2n) is 3.46. The summed E-state index contributed by atoms with van der Waals surface area (Å²) in [4.78, 5) is 1.36. The maximum atomic E-state index is 12.9. The van der Waals surface area contributed by atoms with E-state index in [1.807, 2.05) is 19.9 Å². The summed E-state index contributed by atoms with van der Waals surface area (Å²) < 4.78 is 25.8. The third kappa shape index (κ3) is 2.30. The van der Waals surface area contributed by atoms with Crippen LogP contribution in [0.15, 0.2) is 6.07 Å². The molecule has 1 atom stereocenters. The molecule has 0 spiro atoms. The Balaban J connectivity index is 3.05. The van der Waals surface area contributed by atoms with Crippen molar-refractivity contribution >= 4 is 11.3 Å². The van der Waals surface area contributed by atoms with Crippen LogP contribution < -0.4 is 0 Å². The second kappa shape index (κ2) is 3.95. The largest absolute Gasteiger partial charge is 0.381 e. The van der Waals surface area contributed by atoms with Crippen molar-refractivity contribution in [1.82, 2.24) is 0 Å². The number of hydrogen-bond acceptors (Lipinski definition) is 2. The SMILES string of the molecule is CCc1cc(C)sc1C(O)C(C)(F)F. The third-order valence-corrected chi connectivity index (χ3v) is 3.22. The fourth-order valence-electron chi connectivity index (χ4n) is 1.32. The predicted molar refractivity (Wildman–Crippen MR) is 54.0 cm³/mol. The molecule has 1 nitrogen and oxygen atoms in total. The number of halogens is 2. The zero-order valence-corrected chi connectivity index (χ0v) is 9.29. The van der Waals surface area contributed by atoms with E-state index < -0.39 is 12.0 Å². The van der Waals surface area contributed by atoms with Crippen LogP contribution in [0.2, 0.25) is 0 Å². The smallest absolute Gasteiger partial charge is 0.275 e. The van der Waals surface area contributed by atoms with Gasteiger partial charge in [0, 0.05) is 16.7 Å². The van der Waals surface area contributed by atoms with Crippen molar-refractivity contribution in [2.24, 2.45) is 0 Å². The van der Waals surface area contributed by atoms with Crippen LogP contribution >= 0.6 is 11.3 Å². The molecule has 0 fully saturated rings. The molecule has 1 heterocycles. The summed E-state index contributed by atoms with van der Waals surface area (Å²) in [7, 11) is 0. The van der Waals surface area contributed by atoms with Crippen LogP contribution in [0.3, 0.4) is 0 Å². The van der Waals surface area contributed by atoms with Crippen molar-refractivity contribution in [2.45, 2.75) is 39.2 Å². The van der Waals surface area contributed by atoms with Gasteiger partial charge in [-0.1, -0.05) is 6.92 Å². The van der Waals surface area contributed by atoms with Gasteiger partial charge in [0.25, 0.3) is 5.92 Å². The highest BCUT2D eigenvalue weighted by atomic mass is 32.1. The van der Waals surface area contributed by atoms with Crippen molar-refractivity contribution < 1.29 is 13.9 Å². The van der Waals surface area contributed by atoms with Crippen molar-refractivity contribution in [3.63, 3.8) is 0 Å². The molecule has 1 aromatic rings. The van der Waals surface area contributed by atoms with Gasteiger partial charge in [0.05, 0.1) is 0 Å². The van der Waals surface area contributed by atoms with Gasteiger partial charge in [-0.2, -0.15) is 0 Å². The molecule has 1 unspecified atom stereocenters. The lowest BCUT2D eigenvalue weighted by Crippen LogP contribution is -2.21. The van der Waals surface area contributed by atoms with Crippen molar-refractivity contribution in [3.8, 4) is 0 Å². The Bertz CT molecular complexity index is 314. The number of aliphatic hydroxyl groups excluding tert-OH is 1. The molecule has 0 radical (unpaired) electrons. The highest BCUT2D eigenvalue weighted by Gasteiger charge is 2.35. The number of aliphatic hydroxyl groups is 1. The van der Waals surface area contributed by atoms with E-state index in [9.17, 15) is 13.9 Å². The molecule has 0 saturated heterocycles. The van der Waals surface area contributed by atoms with Crippen LogP contribution in [-0.2, 0) is 6.42 Å². The van der Waals surface area contributed by atoms with Crippen LogP contribution in [0.4, 0.5) is 8.78 Å². The van der Waals surface area contributed by atoms with Gasteiger partial charge in [-0.25, -0.2) is 8.78 Å². The molecular formula is C10H14F2OS. The fraction of sp³-hybridized carbons (Fsp3) is 0.600. The molecule has 0 aromatic carbocycles. The zero-order valence-electron chi connectivity index (χ0n) is 8.47. The summed E-state index contributed by atoms with van der Waals surface area (Å²) in [6.45, 7) is 4.49. The number of alkyl halides is 2. The summed E-state index contributed by atoms with van der Waals surface area (Å²) in [6.07, 6.45) is -0.997. The molecule has 0 aliphatic heterocycles. The first-order valence-corrected chi connectivity index (χ1v) is 5.33. The Morgan fingerprint density at radius 1 is 1.57 bits per heavy atom. The summed E-state index contributed by atoms with van der Waals surface area (Å²) >= 11 is 1.24. The molecular weight excluding hydrogens is 206 g/mol. The van der Waals surface area contributed by atoms with E-state index in [-0.39, 0.29) is 0 Å². The molecule has 1 N–H and O–H groups in total. The Morgan fingerprint density at radius 3 is 2.57 bits per heavy atom. The van der Waals surface area contributed by atoms with E-state index in [0.717, 1.165) is 17.4 Å². The Morgan fingerprint density at radius 2 is 2.14 bits per heavy atom. The summed E-state index contributed by atoms with van der Waals surface area (Å²) in [6, 6.07) is 1.86. The summed E-state index contributed by atoms with van der Waals surface area (Å²) in [5.74, 6) is -3.07. The minimum absolute atomic E-state index is 0.400. The fourth-order valence-corrected chi connectivity index (χ4v) is 2.52. The first-order chi connectivity index (χ1) is 6.36. The van der Waals surface area contributed by atoms with Gasteiger partial charge in [-0.3, -0.25) is 0 Å². The highest BCUT2D eigenvalue weighted by molar-refractivity contribution is 7.12. The van der Waals surface area contributed by atoms with Crippen molar-refractivity contribution in [3.05, 3.63) is 21.4 Å². The highest BCUT2D eigenvalue weighted by Crippen LogP contribution is 2.37. The third-order valence-electron chi connectivity index (χ3n) is 2.07. The first-order valence-electron chi connectivity index (χ1n) is 4.51. The predicted octanol–water partition coefficient (Wildman–Crippen LogP) is 3.31. The van der Waals surface area contributed by atoms with Gasteiger partial charge in [0.1, 0.15) is 0 Å². The van der Waals surface area contributed by atoms with E-state index in [4.69, 9.17) is 0 Å². The van der Waals surface area contributed by atoms with E-state index in [1.54, 1.807) is 0 Å². The van der Waals surface area contributed by atoms with Crippen LogP contribution in [0.1, 0.15) is 35.3 Å². The monoisotopic (exact) mass is 220 g/mol. The van der Waals surface area contributed by atoms with Gasteiger partial charge in [0.15, 0.2) is 6.10 Å². The van der Waals surface area contributed by atoms with Crippen molar-refractivity contribution in [1.29, 1.82) is 0 Å². The average Bonchev–Trinajstić information content (AvgIpc) is 2.43. The first kappa shape index (κ1) is 11.6. The number of hydrogen-bond donors (Lipinski definition) is 1. The molecule has 1 aromatic heterocycles. The van der Waals surface area contributed by atoms with Gasteiger partial charge in [0.2, 0.25) is 0 Å². The van der Waals surface area contributed by atoms with E-state index in [1.165, 1.54) is 11.3 Å². The maximum absolute atomic E-state index is 12.9. The summed E-state index contributed by atoms with van der Waals surface area (Å²) in [5.41, 5.74) is 0.821. The molecule has 0 bridgehead atoms. The van der Waals surface area contributed by atoms with E-state index >= 15 is 0 Å². The maximum Gasteiger partial charge on any atom is 0.275 e. The molecule has 14 heavy (non-hydrogen) atoms. The average molecular weight is 220 g/mol. The summed E-state index contributed by atoms with van der Waals surface area (Å²) in [5, 5.41) is 9.44. The zero-order chi connectivity index (χ0) is 10.9. The van der Waals surface area contributed by atoms with Gasteiger partial charge < -0.3 is 5.11 Å². The second-order valence-corrected chi connectivity index (χ2v) is 4.75. The Labute approximate surface area is 86.4 Å². The molecule has 0 aliphatic rings. The topological polar surface area (TPSA) is 20.2 Å². The lowest BCUT2D eigenvalue weighted by molar-refractivity contribution is -0.0941. The molecule has 80 valence electrons. The van der Waals surface area contributed by atoms with Gasteiger partial charge in [-0.05, 0) is 25.0 Å². The van der Waals surface area contributed by atoms with E-state index in [2.05, 4.69) is 0 Å². The number of aryl methyl sites for hydroxylation is 2. The number of rotatable bonds is 3. The Hall–Kier alpha value is -0.480. The lowest BCUT2D eigenvalue weighted by Gasteiger charge is -2.17. The molecule has 1 rings (SSSR count). The van der Waals surface area contributed by atoms with Gasteiger partial charge >= 0.3 is 0 Å². The lowest BCUT2D eigenvalue weighted by atomic mass is 10.1. The molecule has 0 saturated carbocycles. The normalized spacial score (nSPS) is 14.4. The molecule has 0 amide bonds. The minimum atomic E-state index is -3.07. The molecule has 4 heteroatoms. The van der Waals surface area contributed by atoms with Crippen molar-refractivity contribution in [2.75, 3.05) is 0 Å². The van der Waals surface area contributed by atoms with Gasteiger partial charge in [-0.15, -0.1) is 11.3 Å². The Kier molecular flexibility index (Phi) is 3.27. The minimum Gasteiger partial charge on any atom is -0.381 e. The van der Waals surface area contributed by atoms with Crippen LogP contribution in [-0.4, -0.2) is 11.0 Å². The number of thiophene rings is 1. The standard InChI is InChI=1S/C10H14F2OS/c1-4-7-5-6(2)14-8(7)9(13)10(3,11)12/h5,9,13H,4H2,1-3H3.